The van der Waals surface area contributed by atoms with Crippen LogP contribution in [0.5, 0.6) is 5.75 Å². The van der Waals surface area contributed by atoms with Crippen molar-refractivity contribution in [3.63, 3.8) is 0 Å². The zero-order valence-corrected chi connectivity index (χ0v) is 13.8. The molecule has 0 radical (unpaired) electrons. The summed E-state index contributed by atoms with van der Waals surface area (Å²) in [4.78, 5) is 14.3. The lowest BCUT2D eigenvalue weighted by Crippen LogP contribution is -2.51. The summed E-state index contributed by atoms with van der Waals surface area (Å²) in [5.41, 5.74) is 0.577. The molecule has 110 valence electrons. The van der Waals surface area contributed by atoms with Gasteiger partial charge < -0.3 is 15.0 Å². The number of nitrogens with one attached hydrogen (secondary N) is 1. The van der Waals surface area contributed by atoms with Crippen LogP contribution in [-0.2, 0) is 11.3 Å². The van der Waals surface area contributed by atoms with Gasteiger partial charge in [-0.1, -0.05) is 15.9 Å². The average molecular weight is 341 g/mol. The minimum Gasteiger partial charge on any atom is -0.496 e. The maximum atomic E-state index is 12.6. The van der Waals surface area contributed by atoms with E-state index in [2.05, 4.69) is 21.2 Å². The molecule has 0 aliphatic carbocycles. The van der Waals surface area contributed by atoms with Crippen molar-refractivity contribution >= 4 is 21.8 Å². The predicted octanol–water partition coefficient (Wildman–Crippen LogP) is 2.56. The molecular weight excluding hydrogens is 320 g/mol. The Kier molecular flexibility index (Phi) is 4.70. The lowest BCUT2D eigenvalue weighted by molar-refractivity contribution is -0.136. The zero-order chi connectivity index (χ0) is 14.8. The first kappa shape index (κ1) is 15.3. The molecule has 1 aliphatic heterocycles. The summed E-state index contributed by atoms with van der Waals surface area (Å²) in [6, 6.07) is 5.84. The first-order chi connectivity index (χ1) is 9.46. The van der Waals surface area contributed by atoms with Crippen LogP contribution in [0.2, 0.25) is 0 Å². The molecule has 1 N–H and O–H groups in total. The van der Waals surface area contributed by atoms with Gasteiger partial charge in [-0.25, -0.2) is 0 Å². The fourth-order valence-corrected chi connectivity index (χ4v) is 3.10. The van der Waals surface area contributed by atoms with Crippen LogP contribution in [-0.4, -0.2) is 37.0 Å². The van der Waals surface area contributed by atoms with E-state index in [1.165, 1.54) is 0 Å². The van der Waals surface area contributed by atoms with Crippen molar-refractivity contribution < 1.29 is 9.53 Å². The Labute approximate surface area is 128 Å². The van der Waals surface area contributed by atoms with Crippen molar-refractivity contribution in [2.75, 3.05) is 20.7 Å². The van der Waals surface area contributed by atoms with E-state index in [4.69, 9.17) is 4.74 Å². The molecule has 1 unspecified atom stereocenters. The molecule has 0 bridgehead atoms. The van der Waals surface area contributed by atoms with E-state index in [-0.39, 0.29) is 5.91 Å². The van der Waals surface area contributed by atoms with Crippen molar-refractivity contribution in [3.05, 3.63) is 28.2 Å². The fourth-order valence-electron chi connectivity index (χ4n) is 2.70. The zero-order valence-electron chi connectivity index (χ0n) is 12.2. The van der Waals surface area contributed by atoms with Crippen LogP contribution in [0, 0.1) is 0 Å². The fraction of sp³-hybridized carbons (Fsp3) is 0.533. The Morgan fingerprint density at radius 3 is 2.90 bits per heavy atom. The summed E-state index contributed by atoms with van der Waals surface area (Å²) >= 11 is 3.46. The number of ether oxygens (including phenoxy) is 1. The summed E-state index contributed by atoms with van der Waals surface area (Å²) < 4.78 is 6.34. The number of halogens is 1. The van der Waals surface area contributed by atoms with Gasteiger partial charge in [-0.2, -0.15) is 0 Å². The molecule has 1 aliphatic rings. The molecule has 0 spiro atoms. The molecule has 1 atom stereocenters. The summed E-state index contributed by atoms with van der Waals surface area (Å²) in [6.45, 7) is 3.44. The number of rotatable bonds is 4. The van der Waals surface area contributed by atoms with Crippen molar-refractivity contribution in [3.8, 4) is 5.75 Å². The lowest BCUT2D eigenvalue weighted by atomic mass is 9.98. The number of benzene rings is 1. The maximum Gasteiger partial charge on any atom is 0.242 e. The van der Waals surface area contributed by atoms with Gasteiger partial charge in [0.25, 0.3) is 0 Å². The number of carbonyl (C=O) groups excluding carboxylic acids is 1. The molecule has 1 aromatic carbocycles. The highest BCUT2D eigenvalue weighted by atomic mass is 79.9. The summed E-state index contributed by atoms with van der Waals surface area (Å²) in [5, 5.41) is 3.31. The standard InChI is InChI=1S/C15H21BrN2O2/c1-15(7-4-8-17-15)14(19)18(2)10-11-9-12(16)5-6-13(11)20-3/h5-6,9,17H,4,7-8,10H2,1-3H3. The van der Waals surface area contributed by atoms with Gasteiger partial charge in [0, 0.05) is 23.6 Å². The molecule has 1 aromatic rings. The van der Waals surface area contributed by atoms with E-state index in [1.54, 1.807) is 12.0 Å². The Bertz CT molecular complexity index is 499. The van der Waals surface area contributed by atoms with Crippen LogP contribution in [0.15, 0.2) is 22.7 Å². The van der Waals surface area contributed by atoms with E-state index in [0.29, 0.717) is 6.54 Å². The molecule has 4 nitrogen and oxygen atoms in total. The van der Waals surface area contributed by atoms with Crippen LogP contribution >= 0.6 is 15.9 Å². The minimum atomic E-state index is -0.423. The first-order valence-electron chi connectivity index (χ1n) is 6.79. The third kappa shape index (κ3) is 3.15. The number of nitrogens with zero attached hydrogens (tertiary/aromatic N) is 1. The van der Waals surface area contributed by atoms with Gasteiger partial charge in [0.2, 0.25) is 5.91 Å². The first-order valence-corrected chi connectivity index (χ1v) is 7.58. The van der Waals surface area contributed by atoms with Gasteiger partial charge in [-0.05, 0) is 44.5 Å². The van der Waals surface area contributed by atoms with Gasteiger partial charge in [0.05, 0.1) is 12.6 Å². The SMILES string of the molecule is COc1ccc(Br)cc1CN(C)C(=O)C1(C)CCCN1. The van der Waals surface area contributed by atoms with Gasteiger partial charge >= 0.3 is 0 Å². The number of carbonyl (C=O) groups is 1. The van der Waals surface area contributed by atoms with Crippen molar-refractivity contribution in [2.45, 2.75) is 31.8 Å². The quantitative estimate of drug-likeness (QED) is 0.915. The van der Waals surface area contributed by atoms with E-state index in [1.807, 2.05) is 32.2 Å². The maximum absolute atomic E-state index is 12.6. The van der Waals surface area contributed by atoms with E-state index in [9.17, 15) is 4.79 Å². The van der Waals surface area contributed by atoms with E-state index in [0.717, 1.165) is 35.2 Å². The third-order valence-electron chi connectivity index (χ3n) is 3.84. The second kappa shape index (κ2) is 6.14. The van der Waals surface area contributed by atoms with Crippen molar-refractivity contribution in [1.82, 2.24) is 10.2 Å². The largest absolute Gasteiger partial charge is 0.496 e. The van der Waals surface area contributed by atoms with Gasteiger partial charge in [0.1, 0.15) is 5.75 Å². The smallest absolute Gasteiger partial charge is 0.242 e. The number of amides is 1. The lowest BCUT2D eigenvalue weighted by Gasteiger charge is -2.29. The van der Waals surface area contributed by atoms with Crippen LogP contribution in [0.25, 0.3) is 0 Å². The van der Waals surface area contributed by atoms with Crippen molar-refractivity contribution in [2.24, 2.45) is 0 Å². The van der Waals surface area contributed by atoms with Crippen LogP contribution in [0.3, 0.4) is 0 Å². The van der Waals surface area contributed by atoms with Crippen LogP contribution < -0.4 is 10.1 Å². The molecule has 1 heterocycles. The predicted molar refractivity (Wildman–Crippen MR) is 82.8 cm³/mol. The molecule has 0 aromatic heterocycles. The summed E-state index contributed by atoms with van der Waals surface area (Å²) in [5.74, 6) is 0.939. The Hall–Kier alpha value is -1.07. The highest BCUT2D eigenvalue weighted by molar-refractivity contribution is 9.10. The molecule has 1 saturated heterocycles. The van der Waals surface area contributed by atoms with Crippen LogP contribution in [0.1, 0.15) is 25.3 Å². The number of hydrogen-bond donors (Lipinski definition) is 1. The molecule has 0 saturated carbocycles. The average Bonchev–Trinajstić information content (AvgIpc) is 2.86. The Morgan fingerprint density at radius 1 is 1.55 bits per heavy atom. The van der Waals surface area contributed by atoms with Crippen molar-refractivity contribution in [1.29, 1.82) is 0 Å². The number of hydrogen-bond acceptors (Lipinski definition) is 3. The molecule has 2 rings (SSSR count). The third-order valence-corrected chi connectivity index (χ3v) is 4.33. The molecule has 1 fully saturated rings. The second-order valence-electron chi connectivity index (χ2n) is 5.48. The van der Waals surface area contributed by atoms with Gasteiger partial charge in [-0.3, -0.25) is 4.79 Å². The monoisotopic (exact) mass is 340 g/mol. The molecular formula is C15H21BrN2O2. The summed E-state index contributed by atoms with van der Waals surface area (Å²) in [6.07, 6.45) is 1.95. The van der Waals surface area contributed by atoms with E-state index >= 15 is 0 Å². The molecule has 20 heavy (non-hydrogen) atoms. The molecule has 1 amide bonds. The van der Waals surface area contributed by atoms with Gasteiger partial charge in [-0.15, -0.1) is 0 Å². The molecule has 5 heteroatoms. The number of methoxy groups -OCH3 is 1. The highest BCUT2D eigenvalue weighted by Crippen LogP contribution is 2.26. The summed E-state index contributed by atoms with van der Waals surface area (Å²) in [7, 11) is 3.49. The van der Waals surface area contributed by atoms with E-state index < -0.39 is 5.54 Å². The number of likely N-dealkylation sites (N-methyl/N-ethyl adjacent to an activating group) is 1. The highest BCUT2D eigenvalue weighted by Gasteiger charge is 2.37. The minimum absolute atomic E-state index is 0.136. The second-order valence-corrected chi connectivity index (χ2v) is 6.40. The Morgan fingerprint density at radius 2 is 2.30 bits per heavy atom. The van der Waals surface area contributed by atoms with Crippen LogP contribution in [0.4, 0.5) is 0 Å². The van der Waals surface area contributed by atoms with Gasteiger partial charge in [0.15, 0.2) is 0 Å². The Balaban J connectivity index is 2.13. The normalized spacial score (nSPS) is 21.8. The topological polar surface area (TPSA) is 41.6 Å².